The monoisotopic (exact) mass is 328 g/mol. The van der Waals surface area contributed by atoms with Gasteiger partial charge in [0.1, 0.15) is 13.2 Å². The number of nitrogens with zero attached hydrogens (tertiary/aromatic N) is 1. The van der Waals surface area contributed by atoms with Gasteiger partial charge in [-0.25, -0.2) is 0 Å². The fourth-order valence-electron chi connectivity index (χ4n) is 2.28. The summed E-state index contributed by atoms with van der Waals surface area (Å²) in [5, 5.41) is 12.0. The molecular formula is C17H13ClN2O3. The number of benzene rings is 2. The maximum atomic E-state index is 12.1. The Labute approximate surface area is 138 Å². The van der Waals surface area contributed by atoms with E-state index in [2.05, 4.69) is 5.32 Å². The lowest BCUT2D eigenvalue weighted by molar-refractivity contribution is -0.115. The van der Waals surface area contributed by atoms with Crippen molar-refractivity contribution in [3.63, 3.8) is 0 Å². The van der Waals surface area contributed by atoms with Crippen LogP contribution in [0.1, 0.15) is 11.1 Å². The molecule has 0 aliphatic carbocycles. The summed E-state index contributed by atoms with van der Waals surface area (Å²) in [5.41, 5.74) is 1.92. The molecule has 0 aromatic heterocycles. The highest BCUT2D eigenvalue weighted by molar-refractivity contribution is 6.32. The van der Waals surface area contributed by atoms with Gasteiger partial charge in [-0.3, -0.25) is 4.79 Å². The molecule has 0 bridgehead atoms. The zero-order valence-electron chi connectivity index (χ0n) is 12.1. The SMILES string of the molecule is N#Cc1ccc(NC(=O)Cc2cc(Cl)c3c(c2)OCCO3)cc1. The van der Waals surface area contributed by atoms with Crippen molar-refractivity contribution in [3.8, 4) is 17.6 Å². The molecule has 0 fully saturated rings. The molecule has 0 radical (unpaired) electrons. The van der Waals surface area contributed by atoms with Crippen LogP contribution < -0.4 is 14.8 Å². The highest BCUT2D eigenvalue weighted by atomic mass is 35.5. The summed E-state index contributed by atoms with van der Waals surface area (Å²) in [5.74, 6) is 0.904. The summed E-state index contributed by atoms with van der Waals surface area (Å²) < 4.78 is 10.9. The van der Waals surface area contributed by atoms with E-state index in [1.54, 1.807) is 36.4 Å². The van der Waals surface area contributed by atoms with Crippen molar-refractivity contribution in [2.45, 2.75) is 6.42 Å². The molecule has 1 aliphatic heterocycles. The second-order valence-corrected chi connectivity index (χ2v) is 5.42. The number of fused-ring (bicyclic) bond motifs is 1. The molecule has 0 saturated carbocycles. The molecule has 2 aromatic rings. The highest BCUT2D eigenvalue weighted by Gasteiger charge is 2.17. The zero-order chi connectivity index (χ0) is 16.2. The number of hydrogen-bond donors (Lipinski definition) is 1. The predicted octanol–water partition coefficient (Wildman–Crippen LogP) is 3.16. The van der Waals surface area contributed by atoms with Gasteiger partial charge < -0.3 is 14.8 Å². The van der Waals surface area contributed by atoms with Crippen molar-refractivity contribution in [1.29, 1.82) is 5.26 Å². The second kappa shape index (κ2) is 6.59. The van der Waals surface area contributed by atoms with E-state index in [0.29, 0.717) is 41.0 Å². The quantitative estimate of drug-likeness (QED) is 0.939. The van der Waals surface area contributed by atoms with Crippen LogP contribution in [-0.4, -0.2) is 19.1 Å². The fourth-order valence-corrected chi connectivity index (χ4v) is 2.57. The Morgan fingerprint density at radius 3 is 2.70 bits per heavy atom. The Balaban J connectivity index is 1.70. The number of hydrogen-bond acceptors (Lipinski definition) is 4. The van der Waals surface area contributed by atoms with Crippen LogP contribution in [0.4, 0.5) is 5.69 Å². The smallest absolute Gasteiger partial charge is 0.228 e. The number of carbonyl (C=O) groups is 1. The van der Waals surface area contributed by atoms with Crippen LogP contribution in [-0.2, 0) is 11.2 Å². The van der Waals surface area contributed by atoms with Crippen molar-refractivity contribution >= 4 is 23.2 Å². The van der Waals surface area contributed by atoms with Gasteiger partial charge in [-0.15, -0.1) is 0 Å². The van der Waals surface area contributed by atoms with E-state index in [-0.39, 0.29) is 12.3 Å². The topological polar surface area (TPSA) is 71.4 Å². The lowest BCUT2D eigenvalue weighted by Crippen LogP contribution is -2.17. The fraction of sp³-hybridized carbons (Fsp3) is 0.176. The zero-order valence-corrected chi connectivity index (χ0v) is 12.9. The van der Waals surface area contributed by atoms with Gasteiger partial charge in [-0.05, 0) is 42.0 Å². The molecule has 23 heavy (non-hydrogen) atoms. The molecule has 3 rings (SSSR count). The number of halogens is 1. The number of anilines is 1. The van der Waals surface area contributed by atoms with E-state index >= 15 is 0 Å². The second-order valence-electron chi connectivity index (χ2n) is 5.02. The summed E-state index contributed by atoms with van der Waals surface area (Å²) >= 11 is 6.16. The standard InChI is InChI=1S/C17H13ClN2O3/c18-14-7-12(8-15-17(14)23-6-5-22-15)9-16(21)20-13-3-1-11(10-19)2-4-13/h1-4,7-8H,5-6,9H2,(H,20,21). The molecule has 1 heterocycles. The molecule has 1 amide bonds. The van der Waals surface area contributed by atoms with Crippen molar-refractivity contribution in [3.05, 3.63) is 52.5 Å². The summed E-state index contributed by atoms with van der Waals surface area (Å²) in [4.78, 5) is 12.1. The van der Waals surface area contributed by atoms with E-state index in [9.17, 15) is 4.79 Å². The van der Waals surface area contributed by atoms with Crippen molar-refractivity contribution in [2.24, 2.45) is 0 Å². The Bertz CT molecular complexity index is 782. The molecule has 5 nitrogen and oxygen atoms in total. The third-order valence-corrected chi connectivity index (χ3v) is 3.60. The molecule has 0 spiro atoms. The van der Waals surface area contributed by atoms with Crippen LogP contribution in [0.2, 0.25) is 5.02 Å². The molecule has 0 unspecified atom stereocenters. The Kier molecular flexibility index (Phi) is 4.35. The number of ether oxygens (including phenoxy) is 2. The third-order valence-electron chi connectivity index (χ3n) is 3.32. The van der Waals surface area contributed by atoms with Gasteiger partial charge in [-0.1, -0.05) is 11.6 Å². The van der Waals surface area contributed by atoms with E-state index in [1.165, 1.54) is 0 Å². The third kappa shape index (κ3) is 3.55. The van der Waals surface area contributed by atoms with Crippen LogP contribution in [0.15, 0.2) is 36.4 Å². The van der Waals surface area contributed by atoms with Gasteiger partial charge in [0, 0.05) is 5.69 Å². The summed E-state index contributed by atoms with van der Waals surface area (Å²) in [6, 6.07) is 12.2. The molecule has 2 aromatic carbocycles. The lowest BCUT2D eigenvalue weighted by Gasteiger charge is -2.20. The Morgan fingerprint density at radius 2 is 1.96 bits per heavy atom. The van der Waals surface area contributed by atoms with E-state index in [4.69, 9.17) is 26.3 Å². The molecule has 1 aliphatic rings. The van der Waals surface area contributed by atoms with Gasteiger partial charge in [0.05, 0.1) is 23.1 Å². The van der Waals surface area contributed by atoms with Gasteiger partial charge in [0.15, 0.2) is 11.5 Å². The van der Waals surface area contributed by atoms with Crippen LogP contribution in [0.3, 0.4) is 0 Å². The first kappa shape index (κ1) is 15.2. The van der Waals surface area contributed by atoms with Crippen molar-refractivity contribution in [1.82, 2.24) is 0 Å². The van der Waals surface area contributed by atoms with E-state index in [1.807, 2.05) is 6.07 Å². The summed E-state index contributed by atoms with van der Waals surface area (Å²) in [7, 11) is 0. The number of carbonyl (C=O) groups excluding carboxylic acids is 1. The molecule has 116 valence electrons. The number of nitriles is 1. The Hall–Kier alpha value is -2.71. The maximum absolute atomic E-state index is 12.1. The molecular weight excluding hydrogens is 316 g/mol. The first-order chi connectivity index (χ1) is 11.2. The molecule has 0 saturated heterocycles. The van der Waals surface area contributed by atoms with Gasteiger partial charge in [0.25, 0.3) is 0 Å². The average molecular weight is 329 g/mol. The summed E-state index contributed by atoms with van der Waals surface area (Å²) in [6.07, 6.45) is 0.163. The minimum atomic E-state index is -0.178. The van der Waals surface area contributed by atoms with Crippen LogP contribution in [0, 0.1) is 11.3 Å². The maximum Gasteiger partial charge on any atom is 0.228 e. The van der Waals surface area contributed by atoms with Crippen molar-refractivity contribution in [2.75, 3.05) is 18.5 Å². The predicted molar refractivity (Wildman–Crippen MR) is 85.9 cm³/mol. The van der Waals surface area contributed by atoms with Crippen LogP contribution in [0.25, 0.3) is 0 Å². The molecule has 0 atom stereocenters. The van der Waals surface area contributed by atoms with Crippen molar-refractivity contribution < 1.29 is 14.3 Å². The van der Waals surface area contributed by atoms with Gasteiger partial charge in [0.2, 0.25) is 5.91 Å². The van der Waals surface area contributed by atoms with Crippen LogP contribution in [0.5, 0.6) is 11.5 Å². The Morgan fingerprint density at radius 1 is 1.22 bits per heavy atom. The highest BCUT2D eigenvalue weighted by Crippen LogP contribution is 2.38. The normalized spacial score (nSPS) is 12.3. The average Bonchev–Trinajstić information content (AvgIpc) is 2.55. The lowest BCUT2D eigenvalue weighted by atomic mass is 10.1. The minimum Gasteiger partial charge on any atom is -0.486 e. The van der Waals surface area contributed by atoms with E-state index < -0.39 is 0 Å². The molecule has 6 heteroatoms. The largest absolute Gasteiger partial charge is 0.486 e. The number of nitrogens with one attached hydrogen (secondary N) is 1. The van der Waals surface area contributed by atoms with Crippen LogP contribution >= 0.6 is 11.6 Å². The first-order valence-electron chi connectivity index (χ1n) is 7.04. The number of amides is 1. The minimum absolute atomic E-state index is 0.163. The number of rotatable bonds is 3. The van der Waals surface area contributed by atoms with E-state index in [0.717, 1.165) is 5.56 Å². The molecule has 1 N–H and O–H groups in total. The van der Waals surface area contributed by atoms with Gasteiger partial charge in [-0.2, -0.15) is 5.26 Å². The summed E-state index contributed by atoms with van der Waals surface area (Å²) in [6.45, 7) is 0.926. The first-order valence-corrected chi connectivity index (χ1v) is 7.41. The van der Waals surface area contributed by atoms with Gasteiger partial charge >= 0.3 is 0 Å².